The first kappa shape index (κ1) is 23.3. The van der Waals surface area contributed by atoms with Gasteiger partial charge in [-0.25, -0.2) is 4.98 Å². The number of nitrogens with zero attached hydrogens (tertiary/aromatic N) is 3. The number of carbonyl (C=O) groups is 2. The van der Waals surface area contributed by atoms with Crippen molar-refractivity contribution in [3.8, 4) is 0 Å². The van der Waals surface area contributed by atoms with Gasteiger partial charge in [-0.2, -0.15) is 13.2 Å². The van der Waals surface area contributed by atoms with Gasteiger partial charge < -0.3 is 19.5 Å². The summed E-state index contributed by atoms with van der Waals surface area (Å²) in [6.45, 7) is 1.20. The van der Waals surface area contributed by atoms with Crippen molar-refractivity contribution >= 4 is 22.8 Å². The number of alkyl halides is 3. The SMILES string of the molecule is COCc1nc2cc(C(F)(F)F)ccc2n1C1CCN(C(=O)CC2NC(=O)c3ccccc32)CC1. The number of methoxy groups -OCH3 is 1. The summed E-state index contributed by atoms with van der Waals surface area (Å²) in [5.74, 6) is 0.369. The molecular weight excluding hydrogens is 461 g/mol. The highest BCUT2D eigenvalue weighted by Crippen LogP contribution is 2.35. The van der Waals surface area contributed by atoms with E-state index in [4.69, 9.17) is 4.74 Å². The smallest absolute Gasteiger partial charge is 0.377 e. The minimum Gasteiger partial charge on any atom is -0.377 e. The Hall–Kier alpha value is -3.40. The first-order valence-electron chi connectivity index (χ1n) is 11.5. The fourth-order valence-electron chi connectivity index (χ4n) is 5.12. The summed E-state index contributed by atoms with van der Waals surface area (Å²) in [4.78, 5) is 31.4. The predicted molar refractivity (Wildman–Crippen MR) is 122 cm³/mol. The number of carbonyl (C=O) groups excluding carboxylic acids is 2. The Labute approximate surface area is 199 Å². The zero-order chi connectivity index (χ0) is 24.7. The van der Waals surface area contributed by atoms with Crippen molar-refractivity contribution in [2.45, 2.75) is 44.1 Å². The quantitative estimate of drug-likeness (QED) is 0.586. The Balaban J connectivity index is 1.30. The average Bonchev–Trinajstić information content (AvgIpc) is 3.35. The van der Waals surface area contributed by atoms with Crippen molar-refractivity contribution in [3.63, 3.8) is 0 Å². The van der Waals surface area contributed by atoms with E-state index in [9.17, 15) is 22.8 Å². The first-order valence-corrected chi connectivity index (χ1v) is 11.5. The lowest BCUT2D eigenvalue weighted by Crippen LogP contribution is -2.40. The van der Waals surface area contributed by atoms with Gasteiger partial charge in [-0.15, -0.1) is 0 Å². The van der Waals surface area contributed by atoms with Crippen LogP contribution in [0.1, 0.15) is 58.7 Å². The molecule has 1 aromatic heterocycles. The molecule has 3 aromatic rings. The number of nitrogens with one attached hydrogen (secondary N) is 1. The molecule has 0 spiro atoms. The van der Waals surface area contributed by atoms with E-state index in [0.717, 1.165) is 17.7 Å². The number of rotatable bonds is 5. The molecule has 2 aliphatic heterocycles. The minimum absolute atomic E-state index is 0.0159. The second-order valence-corrected chi connectivity index (χ2v) is 8.96. The predicted octanol–water partition coefficient (Wildman–Crippen LogP) is 4.24. The van der Waals surface area contributed by atoms with Gasteiger partial charge in [0.2, 0.25) is 5.91 Å². The molecule has 35 heavy (non-hydrogen) atoms. The maximum absolute atomic E-state index is 13.2. The maximum atomic E-state index is 13.2. The van der Waals surface area contributed by atoms with Gasteiger partial charge in [-0.1, -0.05) is 18.2 Å². The molecule has 7 nitrogen and oxygen atoms in total. The van der Waals surface area contributed by atoms with Crippen LogP contribution in [0.15, 0.2) is 42.5 Å². The topological polar surface area (TPSA) is 76.5 Å². The molecule has 0 bridgehead atoms. The van der Waals surface area contributed by atoms with E-state index >= 15 is 0 Å². The third-order valence-electron chi connectivity index (χ3n) is 6.81. The van der Waals surface area contributed by atoms with Crippen molar-refractivity contribution in [1.82, 2.24) is 19.8 Å². The summed E-state index contributed by atoms with van der Waals surface area (Å²) >= 11 is 0. The molecule has 10 heteroatoms. The van der Waals surface area contributed by atoms with E-state index in [2.05, 4.69) is 10.3 Å². The highest BCUT2D eigenvalue weighted by molar-refractivity contribution is 5.99. The van der Waals surface area contributed by atoms with Crippen molar-refractivity contribution in [2.75, 3.05) is 20.2 Å². The highest BCUT2D eigenvalue weighted by atomic mass is 19.4. The number of piperidine rings is 1. The van der Waals surface area contributed by atoms with Crippen LogP contribution in [0.2, 0.25) is 0 Å². The first-order chi connectivity index (χ1) is 16.8. The van der Waals surface area contributed by atoms with Gasteiger partial charge >= 0.3 is 6.18 Å². The Morgan fingerprint density at radius 3 is 2.63 bits per heavy atom. The summed E-state index contributed by atoms with van der Waals surface area (Å²) in [6.07, 6.45) is -2.97. The minimum atomic E-state index is -4.44. The third-order valence-corrected chi connectivity index (χ3v) is 6.81. The molecule has 1 unspecified atom stereocenters. The summed E-state index contributed by atoms with van der Waals surface area (Å²) in [5, 5.41) is 2.88. The molecule has 0 radical (unpaired) electrons. The molecule has 2 amide bonds. The second kappa shape index (κ2) is 8.99. The zero-order valence-corrected chi connectivity index (χ0v) is 19.1. The average molecular weight is 486 g/mol. The molecule has 1 fully saturated rings. The summed E-state index contributed by atoms with van der Waals surface area (Å²) in [6, 6.07) is 10.5. The molecule has 0 saturated carbocycles. The van der Waals surface area contributed by atoms with Crippen LogP contribution < -0.4 is 5.32 Å². The Morgan fingerprint density at radius 2 is 1.91 bits per heavy atom. The zero-order valence-electron chi connectivity index (χ0n) is 19.1. The van der Waals surface area contributed by atoms with Gasteiger partial charge in [0.1, 0.15) is 12.4 Å². The number of benzene rings is 2. The van der Waals surface area contributed by atoms with E-state index < -0.39 is 11.7 Å². The van der Waals surface area contributed by atoms with Crippen LogP contribution in [-0.4, -0.2) is 46.5 Å². The molecule has 5 rings (SSSR count). The summed E-state index contributed by atoms with van der Waals surface area (Å²) in [5.41, 5.74) is 1.61. The van der Waals surface area contributed by atoms with Crippen LogP contribution in [0, 0.1) is 0 Å². The van der Waals surface area contributed by atoms with Crippen molar-refractivity contribution in [1.29, 1.82) is 0 Å². The van der Waals surface area contributed by atoms with E-state index in [0.29, 0.717) is 42.8 Å². The number of aromatic nitrogens is 2. The molecule has 0 aliphatic carbocycles. The van der Waals surface area contributed by atoms with Crippen LogP contribution in [0.4, 0.5) is 13.2 Å². The lowest BCUT2D eigenvalue weighted by Gasteiger charge is -2.34. The molecule has 1 N–H and O–H groups in total. The van der Waals surface area contributed by atoms with Gasteiger partial charge in [-0.05, 0) is 42.7 Å². The fourth-order valence-corrected chi connectivity index (χ4v) is 5.12. The van der Waals surface area contributed by atoms with Gasteiger partial charge in [-0.3, -0.25) is 9.59 Å². The standard InChI is InChI=1S/C25H25F3N4O3/c1-35-14-22-29-20-12-15(25(26,27)28)6-7-21(20)32(22)16-8-10-31(11-9-16)23(33)13-19-17-4-2-3-5-18(17)24(34)30-19/h2-7,12,16,19H,8-11,13-14H2,1H3,(H,30,34). The number of likely N-dealkylation sites (tertiary alicyclic amines) is 1. The molecule has 3 heterocycles. The van der Waals surface area contributed by atoms with Gasteiger partial charge in [0.05, 0.1) is 29.1 Å². The van der Waals surface area contributed by atoms with Crippen LogP contribution in [0.3, 0.4) is 0 Å². The molecule has 184 valence electrons. The fraction of sp³-hybridized carbons (Fsp3) is 0.400. The highest BCUT2D eigenvalue weighted by Gasteiger charge is 2.34. The maximum Gasteiger partial charge on any atom is 0.416 e. The summed E-state index contributed by atoms with van der Waals surface area (Å²) < 4.78 is 46.7. The Kier molecular flexibility index (Phi) is 6.00. The Morgan fingerprint density at radius 1 is 1.17 bits per heavy atom. The van der Waals surface area contributed by atoms with Crippen molar-refractivity contribution in [3.05, 3.63) is 65.0 Å². The molecule has 1 atom stereocenters. The van der Waals surface area contributed by atoms with Crippen LogP contribution in [0.25, 0.3) is 11.0 Å². The Bertz CT molecular complexity index is 1280. The number of hydrogen-bond donors (Lipinski definition) is 1. The van der Waals surface area contributed by atoms with Crippen molar-refractivity contribution in [2.24, 2.45) is 0 Å². The monoisotopic (exact) mass is 486 g/mol. The van der Waals surface area contributed by atoms with E-state index in [1.165, 1.54) is 13.2 Å². The molecular formula is C25H25F3N4O3. The summed E-state index contributed by atoms with van der Waals surface area (Å²) in [7, 11) is 1.52. The number of fused-ring (bicyclic) bond motifs is 2. The number of hydrogen-bond acceptors (Lipinski definition) is 4. The van der Waals surface area contributed by atoms with Crippen LogP contribution in [-0.2, 0) is 22.3 Å². The van der Waals surface area contributed by atoms with Gasteiger partial charge in [0.25, 0.3) is 5.91 Å². The van der Waals surface area contributed by atoms with Crippen LogP contribution >= 0.6 is 0 Å². The van der Waals surface area contributed by atoms with E-state index in [1.807, 2.05) is 16.7 Å². The largest absolute Gasteiger partial charge is 0.416 e. The van der Waals surface area contributed by atoms with Crippen molar-refractivity contribution < 1.29 is 27.5 Å². The lowest BCUT2D eigenvalue weighted by atomic mass is 10.00. The molecule has 1 saturated heterocycles. The number of ether oxygens (including phenoxy) is 1. The molecule has 2 aromatic carbocycles. The lowest BCUT2D eigenvalue weighted by molar-refractivity contribution is -0.137. The van der Waals surface area contributed by atoms with E-state index in [1.54, 1.807) is 17.0 Å². The second-order valence-electron chi connectivity index (χ2n) is 8.96. The number of amides is 2. The van der Waals surface area contributed by atoms with Gasteiger partial charge in [0.15, 0.2) is 0 Å². The van der Waals surface area contributed by atoms with E-state index in [-0.39, 0.29) is 42.4 Å². The normalized spacial score (nSPS) is 18.7. The number of halogens is 3. The van der Waals surface area contributed by atoms with Crippen LogP contribution in [0.5, 0.6) is 0 Å². The number of imidazole rings is 1. The third kappa shape index (κ3) is 4.38. The molecule has 2 aliphatic rings. The van der Waals surface area contributed by atoms with Gasteiger partial charge in [0, 0.05) is 31.8 Å².